The van der Waals surface area contributed by atoms with E-state index in [1.54, 1.807) is 11.8 Å². The lowest BCUT2D eigenvalue weighted by Gasteiger charge is -2.40. The Balaban J connectivity index is 1.79. The fourth-order valence-electron chi connectivity index (χ4n) is 4.93. The van der Waals surface area contributed by atoms with Crippen molar-refractivity contribution in [3.05, 3.63) is 83.1 Å². The predicted molar refractivity (Wildman–Crippen MR) is 123 cm³/mol. The molecule has 3 heteroatoms. The molecule has 0 aromatic heterocycles. The molecule has 5 rings (SSSR count). The summed E-state index contributed by atoms with van der Waals surface area (Å²) in [7, 11) is 0. The van der Waals surface area contributed by atoms with Crippen molar-refractivity contribution in [3.63, 3.8) is 0 Å². The molecule has 2 aliphatic rings. The number of carbonyl (C=O) groups is 1. The fraction of sp³-hybridized carbons (Fsp3) is 0.269. The second-order valence-electron chi connectivity index (χ2n) is 8.91. The Bertz CT molecular complexity index is 1160. The Labute approximate surface area is 176 Å². The van der Waals surface area contributed by atoms with Crippen molar-refractivity contribution in [3.8, 4) is 0 Å². The van der Waals surface area contributed by atoms with E-state index in [0.717, 1.165) is 23.4 Å². The summed E-state index contributed by atoms with van der Waals surface area (Å²) < 4.78 is 0. The van der Waals surface area contributed by atoms with Crippen molar-refractivity contribution >= 4 is 34.0 Å². The number of nitrogens with one attached hydrogen (secondary N) is 1. The number of Topliss-reactive ketones (excluding diaryl/α,β-unsaturated/α-hetero) is 1. The summed E-state index contributed by atoms with van der Waals surface area (Å²) in [5.41, 5.74) is 5.61. The van der Waals surface area contributed by atoms with Crippen LogP contribution in [0.1, 0.15) is 43.7 Å². The van der Waals surface area contributed by atoms with Crippen LogP contribution < -0.4 is 5.32 Å². The van der Waals surface area contributed by atoms with Crippen molar-refractivity contribution < 1.29 is 4.79 Å². The monoisotopic (exact) mass is 399 g/mol. The number of ketones is 1. The molecule has 29 heavy (non-hydrogen) atoms. The molecular weight excluding hydrogens is 374 g/mol. The van der Waals surface area contributed by atoms with E-state index in [1.807, 2.05) is 0 Å². The molecule has 1 atom stereocenters. The van der Waals surface area contributed by atoms with Gasteiger partial charge in [0.15, 0.2) is 5.78 Å². The van der Waals surface area contributed by atoms with Crippen molar-refractivity contribution in [2.45, 2.75) is 37.5 Å². The van der Waals surface area contributed by atoms with Crippen molar-refractivity contribution in [1.82, 2.24) is 0 Å². The second-order valence-corrected chi connectivity index (χ2v) is 9.79. The predicted octanol–water partition coefficient (Wildman–Crippen LogP) is 6.76. The van der Waals surface area contributed by atoms with E-state index in [9.17, 15) is 4.79 Å². The van der Waals surface area contributed by atoms with Gasteiger partial charge in [-0.15, -0.1) is 11.8 Å². The molecule has 146 valence electrons. The van der Waals surface area contributed by atoms with Gasteiger partial charge in [0, 0.05) is 34.2 Å². The maximum absolute atomic E-state index is 13.4. The molecule has 3 aromatic rings. The van der Waals surface area contributed by atoms with Gasteiger partial charge in [0.25, 0.3) is 0 Å². The maximum atomic E-state index is 13.4. The number of fused-ring (bicyclic) bond motifs is 3. The van der Waals surface area contributed by atoms with Gasteiger partial charge in [-0.1, -0.05) is 56.3 Å². The molecule has 1 aliphatic carbocycles. The van der Waals surface area contributed by atoms with Gasteiger partial charge in [-0.05, 0) is 58.2 Å². The number of rotatable bonds is 2. The van der Waals surface area contributed by atoms with Crippen LogP contribution in [0.2, 0.25) is 0 Å². The molecule has 0 radical (unpaired) electrons. The third-order valence-corrected chi connectivity index (χ3v) is 6.95. The number of hydrogen-bond donors (Lipinski definition) is 1. The first-order valence-corrected chi connectivity index (χ1v) is 11.4. The number of carbonyl (C=O) groups excluding carboxylic acids is 1. The molecule has 0 bridgehead atoms. The van der Waals surface area contributed by atoms with Crippen LogP contribution in [0.4, 0.5) is 5.69 Å². The minimum atomic E-state index is -0.0214. The molecule has 0 spiro atoms. The van der Waals surface area contributed by atoms with Gasteiger partial charge < -0.3 is 5.32 Å². The normalized spacial score (nSPS) is 20.2. The zero-order valence-corrected chi connectivity index (χ0v) is 17.9. The number of allylic oxidation sites excluding steroid dienone is 2. The summed E-state index contributed by atoms with van der Waals surface area (Å²) in [5.74, 6) is 0.258. The molecule has 1 aliphatic heterocycles. The third-order valence-electron chi connectivity index (χ3n) is 6.20. The molecule has 1 unspecified atom stereocenters. The van der Waals surface area contributed by atoms with Crippen LogP contribution in [0.15, 0.2) is 76.8 Å². The van der Waals surface area contributed by atoms with Crippen LogP contribution >= 0.6 is 11.8 Å². The molecule has 1 N–H and O–H groups in total. The topological polar surface area (TPSA) is 29.1 Å². The first-order chi connectivity index (χ1) is 14.0. The third kappa shape index (κ3) is 3.08. The quantitative estimate of drug-likeness (QED) is 0.483. The van der Waals surface area contributed by atoms with E-state index in [0.29, 0.717) is 6.42 Å². The summed E-state index contributed by atoms with van der Waals surface area (Å²) in [6.45, 7) is 4.38. The summed E-state index contributed by atoms with van der Waals surface area (Å²) in [6.07, 6.45) is 3.60. The van der Waals surface area contributed by atoms with E-state index in [-0.39, 0.29) is 17.1 Å². The highest BCUT2D eigenvalue weighted by Gasteiger charge is 2.41. The number of benzene rings is 3. The first-order valence-electron chi connectivity index (χ1n) is 10.2. The second kappa shape index (κ2) is 6.77. The summed E-state index contributed by atoms with van der Waals surface area (Å²) >= 11 is 1.74. The molecule has 0 amide bonds. The van der Waals surface area contributed by atoms with Gasteiger partial charge in [0.1, 0.15) is 0 Å². The standard InChI is InChI=1S/C26H25NOS/c1-26(2)14-21-25(22(28)15-26)23(17-8-11-18(29-3)12-9-17)24-19-7-5-4-6-16(19)10-13-20(24)27-21/h4-13,23,27H,14-15H2,1-3H3. The Morgan fingerprint density at radius 2 is 1.72 bits per heavy atom. The summed E-state index contributed by atoms with van der Waals surface area (Å²) in [6, 6.07) is 21.6. The van der Waals surface area contributed by atoms with Gasteiger partial charge >= 0.3 is 0 Å². The summed E-state index contributed by atoms with van der Waals surface area (Å²) in [5, 5.41) is 6.09. The molecule has 0 saturated carbocycles. The highest BCUT2D eigenvalue weighted by molar-refractivity contribution is 7.98. The Morgan fingerprint density at radius 1 is 0.966 bits per heavy atom. The van der Waals surface area contributed by atoms with Crippen LogP contribution in [0, 0.1) is 5.41 Å². The van der Waals surface area contributed by atoms with E-state index in [4.69, 9.17) is 0 Å². The molecule has 2 nitrogen and oxygen atoms in total. The number of hydrogen-bond acceptors (Lipinski definition) is 3. The molecule has 0 fully saturated rings. The van der Waals surface area contributed by atoms with E-state index >= 15 is 0 Å². The lowest BCUT2D eigenvalue weighted by molar-refractivity contribution is -0.118. The maximum Gasteiger partial charge on any atom is 0.162 e. The van der Waals surface area contributed by atoms with Crippen LogP contribution in [-0.4, -0.2) is 12.0 Å². The summed E-state index contributed by atoms with van der Waals surface area (Å²) in [4.78, 5) is 14.6. The minimum Gasteiger partial charge on any atom is -0.358 e. The van der Waals surface area contributed by atoms with Crippen molar-refractivity contribution in [1.29, 1.82) is 0 Å². The number of thioether (sulfide) groups is 1. The van der Waals surface area contributed by atoms with Gasteiger partial charge in [-0.25, -0.2) is 0 Å². The van der Waals surface area contributed by atoms with Gasteiger partial charge in [0.05, 0.1) is 0 Å². The number of anilines is 1. The minimum absolute atomic E-state index is 0.00940. The van der Waals surface area contributed by atoms with Crippen LogP contribution in [0.5, 0.6) is 0 Å². The Morgan fingerprint density at radius 3 is 2.48 bits per heavy atom. The van der Waals surface area contributed by atoms with E-state index in [2.05, 4.69) is 86.1 Å². The van der Waals surface area contributed by atoms with Crippen molar-refractivity contribution in [2.75, 3.05) is 11.6 Å². The Hall–Kier alpha value is -2.52. The van der Waals surface area contributed by atoms with Crippen LogP contribution in [0.25, 0.3) is 10.8 Å². The van der Waals surface area contributed by atoms with Gasteiger partial charge in [0.2, 0.25) is 0 Å². The van der Waals surface area contributed by atoms with Crippen LogP contribution in [0.3, 0.4) is 0 Å². The van der Waals surface area contributed by atoms with Crippen LogP contribution in [-0.2, 0) is 4.79 Å². The zero-order valence-electron chi connectivity index (χ0n) is 17.1. The van der Waals surface area contributed by atoms with E-state index < -0.39 is 0 Å². The molecule has 3 aromatic carbocycles. The largest absolute Gasteiger partial charge is 0.358 e. The SMILES string of the molecule is CSc1ccc(C2C3=C(CC(C)(C)CC3=O)Nc3ccc4ccccc4c32)cc1. The smallest absolute Gasteiger partial charge is 0.162 e. The Kier molecular flexibility index (Phi) is 4.32. The van der Waals surface area contributed by atoms with Gasteiger partial charge in [-0.3, -0.25) is 4.79 Å². The van der Waals surface area contributed by atoms with Gasteiger partial charge in [-0.2, -0.15) is 0 Å². The molecule has 1 heterocycles. The highest BCUT2D eigenvalue weighted by Crippen LogP contribution is 2.50. The average Bonchev–Trinajstić information content (AvgIpc) is 2.71. The molecule has 0 saturated heterocycles. The fourth-order valence-corrected chi connectivity index (χ4v) is 5.34. The average molecular weight is 400 g/mol. The first kappa shape index (κ1) is 18.5. The highest BCUT2D eigenvalue weighted by atomic mass is 32.2. The molecular formula is C26H25NOS. The van der Waals surface area contributed by atoms with E-state index in [1.165, 1.54) is 26.8 Å². The van der Waals surface area contributed by atoms with Crippen molar-refractivity contribution in [2.24, 2.45) is 5.41 Å². The lowest BCUT2D eigenvalue weighted by Crippen LogP contribution is -2.33. The lowest BCUT2D eigenvalue weighted by atomic mass is 9.68. The zero-order chi connectivity index (χ0) is 20.2.